The molecule has 2 atom stereocenters. The van der Waals surface area contributed by atoms with Crippen molar-refractivity contribution in [1.82, 2.24) is 9.80 Å². The Morgan fingerprint density at radius 1 is 1.42 bits per heavy atom. The lowest BCUT2D eigenvalue weighted by Gasteiger charge is -2.23. The first-order chi connectivity index (χ1) is 9.06. The summed E-state index contributed by atoms with van der Waals surface area (Å²) in [7, 11) is 1.88. The molecule has 0 aliphatic carbocycles. The van der Waals surface area contributed by atoms with E-state index in [9.17, 15) is 4.79 Å². The Kier molecular flexibility index (Phi) is 4.10. The zero-order valence-corrected chi connectivity index (χ0v) is 12.0. The van der Waals surface area contributed by atoms with E-state index in [2.05, 4.69) is 26.0 Å². The first kappa shape index (κ1) is 13.9. The van der Waals surface area contributed by atoms with E-state index >= 15 is 0 Å². The van der Waals surface area contributed by atoms with Gasteiger partial charge in [-0.05, 0) is 37.9 Å². The second-order valence-corrected chi connectivity index (χ2v) is 5.34. The third-order valence-corrected chi connectivity index (χ3v) is 4.05. The molecule has 2 unspecified atom stereocenters. The van der Waals surface area contributed by atoms with Gasteiger partial charge >= 0.3 is 6.03 Å². The minimum absolute atomic E-state index is 0.106. The number of benzene rings is 1. The summed E-state index contributed by atoms with van der Waals surface area (Å²) in [5, 5.41) is 0. The third-order valence-electron chi connectivity index (χ3n) is 4.05. The topological polar surface area (TPSA) is 49.6 Å². The maximum atomic E-state index is 12.3. The van der Waals surface area contributed by atoms with Crippen LogP contribution in [0.15, 0.2) is 24.3 Å². The molecular formula is C15H23N3O. The zero-order chi connectivity index (χ0) is 14.0. The standard InChI is InChI=1S/C15H23N3O/c1-11-6-4-5-7-13(11)14-10-18(12(2)8-9-16)15(19)17(14)3/h4-7,12,14H,8-10,16H2,1-3H3. The number of amides is 2. The van der Waals surface area contributed by atoms with Crippen molar-refractivity contribution < 1.29 is 4.79 Å². The van der Waals surface area contributed by atoms with E-state index < -0.39 is 0 Å². The molecule has 0 bridgehead atoms. The van der Waals surface area contributed by atoms with Crippen LogP contribution in [0.5, 0.6) is 0 Å². The normalized spacial score (nSPS) is 21.1. The molecule has 2 N–H and O–H groups in total. The van der Waals surface area contributed by atoms with Crippen LogP contribution in [-0.2, 0) is 0 Å². The predicted molar refractivity (Wildman–Crippen MR) is 76.9 cm³/mol. The number of urea groups is 1. The number of aryl methyl sites for hydroxylation is 1. The Hall–Kier alpha value is -1.55. The molecule has 104 valence electrons. The molecule has 1 aliphatic rings. The van der Waals surface area contributed by atoms with Crippen LogP contribution in [0.3, 0.4) is 0 Å². The highest BCUT2D eigenvalue weighted by Crippen LogP contribution is 2.31. The third kappa shape index (κ3) is 2.59. The van der Waals surface area contributed by atoms with Crippen molar-refractivity contribution in [2.75, 3.05) is 20.1 Å². The van der Waals surface area contributed by atoms with Crippen molar-refractivity contribution in [3.63, 3.8) is 0 Å². The number of carbonyl (C=O) groups is 1. The van der Waals surface area contributed by atoms with Gasteiger partial charge < -0.3 is 15.5 Å². The molecular weight excluding hydrogens is 238 g/mol. The number of nitrogens with zero attached hydrogens (tertiary/aromatic N) is 2. The summed E-state index contributed by atoms with van der Waals surface area (Å²) in [6, 6.07) is 8.73. The number of likely N-dealkylation sites (N-methyl/N-ethyl adjacent to an activating group) is 1. The summed E-state index contributed by atoms with van der Waals surface area (Å²) in [6.07, 6.45) is 0.847. The van der Waals surface area contributed by atoms with Crippen LogP contribution in [0.4, 0.5) is 4.79 Å². The van der Waals surface area contributed by atoms with Crippen LogP contribution in [-0.4, -0.2) is 42.0 Å². The summed E-state index contributed by atoms with van der Waals surface area (Å²) in [5.41, 5.74) is 8.07. The van der Waals surface area contributed by atoms with E-state index in [0.29, 0.717) is 6.54 Å². The van der Waals surface area contributed by atoms with Crippen LogP contribution < -0.4 is 5.73 Å². The second-order valence-electron chi connectivity index (χ2n) is 5.34. The molecule has 2 amide bonds. The van der Waals surface area contributed by atoms with Gasteiger partial charge in [0.25, 0.3) is 0 Å². The monoisotopic (exact) mass is 261 g/mol. The Labute approximate surface area is 115 Å². The van der Waals surface area contributed by atoms with Gasteiger partial charge in [0.1, 0.15) is 0 Å². The number of rotatable bonds is 4. The molecule has 1 aliphatic heterocycles. The summed E-state index contributed by atoms with van der Waals surface area (Å²) >= 11 is 0. The number of hydrogen-bond donors (Lipinski definition) is 1. The zero-order valence-electron chi connectivity index (χ0n) is 12.0. The lowest BCUT2D eigenvalue weighted by atomic mass is 10.0. The molecule has 1 saturated heterocycles. The average molecular weight is 261 g/mol. The largest absolute Gasteiger partial charge is 0.330 e. The first-order valence-corrected chi connectivity index (χ1v) is 6.85. The Bertz CT molecular complexity index is 460. The van der Waals surface area contributed by atoms with Gasteiger partial charge in [-0.25, -0.2) is 4.79 Å². The molecule has 0 saturated carbocycles. The minimum Gasteiger partial charge on any atom is -0.330 e. The Morgan fingerprint density at radius 3 is 2.74 bits per heavy atom. The molecule has 4 nitrogen and oxygen atoms in total. The van der Waals surface area contributed by atoms with E-state index in [1.807, 2.05) is 29.0 Å². The number of carbonyl (C=O) groups excluding carboxylic acids is 1. The van der Waals surface area contributed by atoms with Crippen molar-refractivity contribution >= 4 is 6.03 Å². The van der Waals surface area contributed by atoms with Gasteiger partial charge in [0.15, 0.2) is 0 Å². The minimum atomic E-state index is 0.106. The van der Waals surface area contributed by atoms with Gasteiger partial charge in [-0.1, -0.05) is 24.3 Å². The molecule has 1 heterocycles. The van der Waals surface area contributed by atoms with Gasteiger partial charge in [0.05, 0.1) is 6.04 Å². The SMILES string of the molecule is Cc1ccccc1C1CN(C(C)CCN)C(=O)N1C. The molecule has 0 aromatic heterocycles. The van der Waals surface area contributed by atoms with Gasteiger partial charge in [0, 0.05) is 19.6 Å². The fraction of sp³-hybridized carbons (Fsp3) is 0.533. The quantitative estimate of drug-likeness (QED) is 0.902. The summed E-state index contributed by atoms with van der Waals surface area (Å²) in [5.74, 6) is 0. The van der Waals surface area contributed by atoms with Crippen molar-refractivity contribution in [1.29, 1.82) is 0 Å². The van der Waals surface area contributed by atoms with Crippen molar-refractivity contribution in [2.24, 2.45) is 5.73 Å². The van der Waals surface area contributed by atoms with Gasteiger partial charge in [0.2, 0.25) is 0 Å². The first-order valence-electron chi connectivity index (χ1n) is 6.85. The van der Waals surface area contributed by atoms with E-state index in [0.717, 1.165) is 13.0 Å². The highest BCUT2D eigenvalue weighted by Gasteiger charge is 2.37. The fourth-order valence-electron chi connectivity index (χ4n) is 2.76. The molecule has 0 radical (unpaired) electrons. The maximum absolute atomic E-state index is 12.3. The Balaban J connectivity index is 2.21. The van der Waals surface area contributed by atoms with Crippen LogP contribution in [0.1, 0.15) is 30.5 Å². The van der Waals surface area contributed by atoms with E-state index in [4.69, 9.17) is 5.73 Å². The van der Waals surface area contributed by atoms with Crippen molar-refractivity contribution in [3.8, 4) is 0 Å². The van der Waals surface area contributed by atoms with Crippen molar-refractivity contribution in [2.45, 2.75) is 32.4 Å². The smallest absolute Gasteiger partial charge is 0.320 e. The summed E-state index contributed by atoms with van der Waals surface area (Å²) < 4.78 is 0. The molecule has 1 fully saturated rings. The highest BCUT2D eigenvalue weighted by atomic mass is 16.2. The Morgan fingerprint density at radius 2 is 2.11 bits per heavy atom. The van der Waals surface area contributed by atoms with E-state index in [1.165, 1.54) is 11.1 Å². The average Bonchev–Trinajstić information content (AvgIpc) is 2.68. The summed E-state index contributed by atoms with van der Waals surface area (Å²) in [6.45, 7) is 5.53. The van der Waals surface area contributed by atoms with Gasteiger partial charge in [-0.2, -0.15) is 0 Å². The van der Waals surface area contributed by atoms with Crippen LogP contribution in [0.25, 0.3) is 0 Å². The maximum Gasteiger partial charge on any atom is 0.320 e. The summed E-state index contributed by atoms with van der Waals surface area (Å²) in [4.78, 5) is 16.1. The fourth-order valence-corrected chi connectivity index (χ4v) is 2.76. The lowest BCUT2D eigenvalue weighted by Crippen LogP contribution is -2.37. The van der Waals surface area contributed by atoms with E-state index in [1.54, 1.807) is 0 Å². The number of hydrogen-bond acceptors (Lipinski definition) is 2. The molecule has 4 heteroatoms. The molecule has 19 heavy (non-hydrogen) atoms. The van der Waals surface area contributed by atoms with Crippen molar-refractivity contribution in [3.05, 3.63) is 35.4 Å². The molecule has 1 aromatic carbocycles. The molecule has 0 spiro atoms. The van der Waals surface area contributed by atoms with Gasteiger partial charge in [-0.15, -0.1) is 0 Å². The highest BCUT2D eigenvalue weighted by molar-refractivity contribution is 5.77. The van der Waals surface area contributed by atoms with Crippen LogP contribution in [0, 0.1) is 6.92 Å². The van der Waals surface area contributed by atoms with Crippen LogP contribution >= 0.6 is 0 Å². The van der Waals surface area contributed by atoms with Crippen LogP contribution in [0.2, 0.25) is 0 Å². The van der Waals surface area contributed by atoms with Gasteiger partial charge in [-0.3, -0.25) is 0 Å². The van der Waals surface area contributed by atoms with E-state index in [-0.39, 0.29) is 18.1 Å². The predicted octanol–water partition coefficient (Wildman–Crippen LogP) is 2.14. The number of nitrogens with two attached hydrogens (primary N) is 1. The lowest BCUT2D eigenvalue weighted by molar-refractivity contribution is 0.182. The molecule has 1 aromatic rings. The second kappa shape index (κ2) is 5.61. The molecule has 2 rings (SSSR count).